The predicted octanol–water partition coefficient (Wildman–Crippen LogP) is 4.73. The van der Waals surface area contributed by atoms with Crippen LogP contribution in [0.2, 0.25) is 0 Å². The maximum absolute atomic E-state index is 13.3. The van der Waals surface area contributed by atoms with Crippen LogP contribution in [0.15, 0.2) is 29.2 Å². The van der Waals surface area contributed by atoms with Crippen molar-refractivity contribution in [3.05, 3.63) is 29.8 Å². The molecule has 1 aromatic rings. The lowest BCUT2D eigenvalue weighted by atomic mass is 9.43. The number of benzene rings is 1. The molecular weight excluding hydrogens is 363 g/mol. The topological polar surface area (TPSA) is 46.2 Å². The van der Waals surface area contributed by atoms with Crippen LogP contribution in [0.25, 0.3) is 0 Å². The molecule has 26 heavy (non-hydrogen) atoms. The Bertz CT molecular complexity index is 831. The number of hydrogen-bond donors (Lipinski definition) is 1. The molecule has 144 valence electrons. The van der Waals surface area contributed by atoms with Crippen molar-refractivity contribution in [1.82, 2.24) is 4.72 Å². The molecule has 1 N–H and O–H groups in total. The summed E-state index contributed by atoms with van der Waals surface area (Å²) in [4.78, 5) is -0.668. The van der Waals surface area contributed by atoms with Crippen LogP contribution in [0.4, 0.5) is 13.2 Å². The van der Waals surface area contributed by atoms with Gasteiger partial charge in [-0.25, -0.2) is 13.1 Å². The third-order valence-corrected chi connectivity index (χ3v) is 8.10. The number of halogens is 3. The van der Waals surface area contributed by atoms with Crippen molar-refractivity contribution >= 4 is 10.0 Å². The Morgan fingerprint density at radius 2 is 1.58 bits per heavy atom. The summed E-state index contributed by atoms with van der Waals surface area (Å²) in [7, 11) is -4.26. The Balaban J connectivity index is 1.72. The third kappa shape index (κ3) is 2.97. The van der Waals surface area contributed by atoms with Gasteiger partial charge in [0.05, 0.1) is 10.5 Å². The molecule has 4 saturated carbocycles. The van der Waals surface area contributed by atoms with Gasteiger partial charge in [-0.05, 0) is 67.4 Å². The second kappa shape index (κ2) is 5.25. The van der Waals surface area contributed by atoms with Crippen molar-refractivity contribution in [2.75, 3.05) is 0 Å². The van der Waals surface area contributed by atoms with E-state index in [-0.39, 0.29) is 10.8 Å². The van der Waals surface area contributed by atoms with Gasteiger partial charge in [0.1, 0.15) is 0 Å². The van der Waals surface area contributed by atoms with E-state index in [0.29, 0.717) is 18.8 Å². The Hall–Kier alpha value is -1.08. The fraction of sp³-hybridized carbons (Fsp3) is 0.684. The van der Waals surface area contributed by atoms with E-state index in [2.05, 4.69) is 18.6 Å². The molecule has 0 amide bonds. The maximum atomic E-state index is 13.3. The fourth-order valence-corrected chi connectivity index (χ4v) is 8.48. The number of hydrogen-bond acceptors (Lipinski definition) is 2. The highest BCUT2D eigenvalue weighted by Crippen LogP contribution is 2.66. The van der Waals surface area contributed by atoms with Crippen LogP contribution in [0, 0.1) is 16.7 Å². The van der Waals surface area contributed by atoms with Crippen LogP contribution in [0.5, 0.6) is 0 Å². The summed E-state index contributed by atoms with van der Waals surface area (Å²) in [5.41, 5.74) is -1.59. The minimum Gasteiger partial charge on any atom is -0.207 e. The van der Waals surface area contributed by atoms with Crippen molar-refractivity contribution in [2.45, 2.75) is 69.0 Å². The monoisotopic (exact) mass is 387 g/mol. The first-order valence-corrected chi connectivity index (χ1v) is 10.5. The fourth-order valence-electron chi connectivity index (χ4n) is 6.84. The van der Waals surface area contributed by atoms with E-state index < -0.39 is 32.2 Å². The van der Waals surface area contributed by atoms with Gasteiger partial charge >= 0.3 is 6.18 Å². The van der Waals surface area contributed by atoms with Crippen molar-refractivity contribution in [2.24, 2.45) is 16.7 Å². The van der Waals surface area contributed by atoms with Crippen LogP contribution in [-0.2, 0) is 16.2 Å². The molecule has 0 radical (unpaired) electrons. The van der Waals surface area contributed by atoms with Crippen molar-refractivity contribution in [1.29, 1.82) is 0 Å². The minimum atomic E-state index is -4.70. The van der Waals surface area contributed by atoms with Gasteiger partial charge in [-0.15, -0.1) is 0 Å². The zero-order valence-corrected chi connectivity index (χ0v) is 15.8. The summed E-state index contributed by atoms with van der Waals surface area (Å²) < 4.78 is 68.6. The molecule has 5 rings (SSSR count). The van der Waals surface area contributed by atoms with E-state index in [9.17, 15) is 21.6 Å². The van der Waals surface area contributed by atoms with E-state index in [4.69, 9.17) is 0 Å². The number of sulfonamides is 1. The standard InChI is InChI=1S/C19H24F3NO2S/c1-16-7-13-8-17(2,10-16)12-18(9-13,11-16)23-26(24,25)15-6-4-3-5-14(15)19(20,21)22/h3-6,13,23H,7-12H2,1-2H3. The molecule has 4 aliphatic carbocycles. The van der Waals surface area contributed by atoms with E-state index in [1.165, 1.54) is 12.1 Å². The molecule has 2 atom stereocenters. The highest BCUT2D eigenvalue weighted by Gasteiger charge is 2.61. The van der Waals surface area contributed by atoms with Crippen molar-refractivity contribution in [3.8, 4) is 0 Å². The number of rotatable bonds is 3. The molecule has 1 aromatic carbocycles. The quantitative estimate of drug-likeness (QED) is 0.815. The third-order valence-electron chi connectivity index (χ3n) is 6.46. The molecule has 7 heteroatoms. The summed E-state index contributed by atoms with van der Waals surface area (Å²) in [5.74, 6) is 0.446. The second-order valence-corrected chi connectivity index (χ2v) is 11.2. The normalized spacial score (nSPS) is 39.3. The van der Waals surface area contributed by atoms with Gasteiger partial charge in [0.2, 0.25) is 10.0 Å². The second-order valence-electron chi connectivity index (χ2n) is 9.51. The smallest absolute Gasteiger partial charge is 0.207 e. The predicted molar refractivity (Wildman–Crippen MR) is 91.9 cm³/mol. The largest absolute Gasteiger partial charge is 0.417 e. The van der Waals surface area contributed by atoms with Gasteiger partial charge in [-0.1, -0.05) is 26.0 Å². The molecular formula is C19H24F3NO2S. The van der Waals surface area contributed by atoms with Gasteiger partial charge in [0.25, 0.3) is 0 Å². The average molecular weight is 387 g/mol. The van der Waals surface area contributed by atoms with Gasteiger partial charge in [-0.2, -0.15) is 13.2 Å². The zero-order chi connectivity index (χ0) is 19.0. The molecule has 0 spiro atoms. The van der Waals surface area contributed by atoms with Crippen LogP contribution < -0.4 is 4.72 Å². The lowest BCUT2D eigenvalue weighted by Crippen LogP contribution is -2.65. The summed E-state index contributed by atoms with van der Waals surface area (Å²) in [6.45, 7) is 4.39. The zero-order valence-electron chi connectivity index (χ0n) is 15.0. The summed E-state index contributed by atoms with van der Waals surface area (Å²) in [6.07, 6.45) is 0.685. The Kier molecular flexibility index (Phi) is 3.69. The van der Waals surface area contributed by atoms with E-state index in [1.807, 2.05) is 0 Å². The molecule has 4 bridgehead atoms. The Morgan fingerprint density at radius 3 is 2.12 bits per heavy atom. The van der Waals surface area contributed by atoms with Crippen molar-refractivity contribution in [3.63, 3.8) is 0 Å². The SMILES string of the molecule is CC12CC3CC(C)(C1)CC(NS(=O)(=O)c1ccccc1C(F)(F)F)(C3)C2. The molecule has 3 nitrogen and oxygen atoms in total. The molecule has 4 aliphatic rings. The van der Waals surface area contributed by atoms with E-state index >= 15 is 0 Å². The highest BCUT2D eigenvalue weighted by atomic mass is 32.2. The van der Waals surface area contributed by atoms with Gasteiger partial charge < -0.3 is 0 Å². The molecule has 4 fully saturated rings. The molecule has 2 unspecified atom stereocenters. The van der Waals surface area contributed by atoms with Crippen LogP contribution in [0.3, 0.4) is 0 Å². The Labute approximate surface area is 152 Å². The maximum Gasteiger partial charge on any atom is 0.417 e. The average Bonchev–Trinajstić information content (AvgIpc) is 2.41. The number of alkyl halides is 3. The van der Waals surface area contributed by atoms with E-state index in [0.717, 1.165) is 37.8 Å². The lowest BCUT2D eigenvalue weighted by Gasteiger charge is -2.65. The van der Waals surface area contributed by atoms with Crippen LogP contribution in [-0.4, -0.2) is 14.0 Å². The lowest BCUT2D eigenvalue weighted by molar-refractivity contribution is -0.140. The van der Waals surface area contributed by atoms with Crippen LogP contribution in [0.1, 0.15) is 57.9 Å². The summed E-state index contributed by atoms with van der Waals surface area (Å²) in [6, 6.07) is 4.44. The first kappa shape index (κ1) is 18.3. The minimum absolute atomic E-state index is 0.0697. The van der Waals surface area contributed by atoms with Crippen molar-refractivity contribution < 1.29 is 21.6 Å². The molecule has 0 heterocycles. The first-order chi connectivity index (χ1) is 11.8. The summed E-state index contributed by atoms with van der Waals surface area (Å²) in [5, 5.41) is 0. The van der Waals surface area contributed by atoms with E-state index in [1.54, 1.807) is 0 Å². The molecule has 0 aromatic heterocycles. The van der Waals surface area contributed by atoms with Gasteiger partial charge in [0, 0.05) is 5.54 Å². The van der Waals surface area contributed by atoms with Gasteiger partial charge in [0.15, 0.2) is 0 Å². The Morgan fingerprint density at radius 1 is 1.00 bits per heavy atom. The number of nitrogens with one attached hydrogen (secondary N) is 1. The first-order valence-electron chi connectivity index (χ1n) is 9.04. The molecule has 0 aliphatic heterocycles. The van der Waals surface area contributed by atoms with Gasteiger partial charge in [-0.3, -0.25) is 0 Å². The summed E-state index contributed by atoms with van der Waals surface area (Å²) >= 11 is 0. The van der Waals surface area contributed by atoms with Crippen LogP contribution >= 0.6 is 0 Å². The highest BCUT2D eigenvalue weighted by molar-refractivity contribution is 7.89. The molecule has 0 saturated heterocycles.